The highest BCUT2D eigenvalue weighted by Crippen LogP contribution is 2.25. The van der Waals surface area contributed by atoms with Crippen LogP contribution >= 0.6 is 11.8 Å². The van der Waals surface area contributed by atoms with E-state index in [4.69, 9.17) is 10.8 Å². The van der Waals surface area contributed by atoms with Crippen LogP contribution in [-0.4, -0.2) is 47.0 Å². The van der Waals surface area contributed by atoms with Gasteiger partial charge in [-0.25, -0.2) is 0 Å². The molecule has 37 heavy (non-hydrogen) atoms. The van der Waals surface area contributed by atoms with Gasteiger partial charge in [0.25, 0.3) is 5.91 Å². The van der Waals surface area contributed by atoms with Crippen molar-refractivity contribution in [2.24, 2.45) is 16.6 Å². The largest absolute Gasteiger partial charge is 0.481 e. The second kappa shape index (κ2) is 15.3. The normalized spacial score (nSPS) is 14.6. The van der Waals surface area contributed by atoms with E-state index in [0.717, 1.165) is 66.1 Å². The number of aliphatic carboxylic acids is 1. The molecule has 0 aromatic heterocycles. The Kier molecular flexibility index (Phi) is 11.8. The number of aliphatic hydroxyl groups is 1. The van der Waals surface area contributed by atoms with Gasteiger partial charge in [-0.05, 0) is 78.5 Å². The third kappa shape index (κ3) is 10.5. The highest BCUT2D eigenvalue weighted by molar-refractivity contribution is 7.99. The number of nitrogens with one attached hydrogen (secondary N) is 2. The van der Waals surface area contributed by atoms with Crippen molar-refractivity contribution in [2.45, 2.75) is 56.3 Å². The Morgan fingerprint density at radius 1 is 1.11 bits per heavy atom. The maximum Gasteiger partial charge on any atom is 0.303 e. The van der Waals surface area contributed by atoms with Crippen molar-refractivity contribution in [1.29, 1.82) is 0 Å². The molecule has 2 aromatic rings. The first-order valence-electron chi connectivity index (χ1n) is 12.6. The maximum atomic E-state index is 12.6. The third-order valence-electron chi connectivity index (χ3n) is 6.05. The topological polar surface area (TPSA) is 137 Å². The van der Waals surface area contributed by atoms with Crippen LogP contribution in [0.25, 0.3) is 0 Å². The Hall–Kier alpha value is -2.98. The highest BCUT2D eigenvalue weighted by atomic mass is 32.2. The Balaban J connectivity index is 1.38. The van der Waals surface area contributed by atoms with E-state index < -0.39 is 12.3 Å². The van der Waals surface area contributed by atoms with Crippen molar-refractivity contribution >= 4 is 35.5 Å². The summed E-state index contributed by atoms with van der Waals surface area (Å²) in [4.78, 5) is 29.3. The zero-order valence-electron chi connectivity index (χ0n) is 20.9. The van der Waals surface area contributed by atoms with Gasteiger partial charge < -0.3 is 15.5 Å². The van der Waals surface area contributed by atoms with Crippen molar-refractivity contribution in [3.63, 3.8) is 0 Å². The molecule has 1 heterocycles. The molecule has 0 bridgehead atoms. The first-order chi connectivity index (χ1) is 17.9. The molecule has 1 aliphatic heterocycles. The van der Waals surface area contributed by atoms with E-state index in [9.17, 15) is 14.7 Å². The average Bonchev–Trinajstić information content (AvgIpc) is 2.90. The maximum absolute atomic E-state index is 12.6. The fraction of sp³-hybridized carbons (Fsp3) is 0.393. The summed E-state index contributed by atoms with van der Waals surface area (Å²) < 4.78 is 0. The van der Waals surface area contributed by atoms with E-state index in [0.29, 0.717) is 12.1 Å². The number of amides is 1. The van der Waals surface area contributed by atoms with Crippen LogP contribution in [0.4, 0.5) is 5.69 Å². The highest BCUT2D eigenvalue weighted by Gasteiger charge is 2.17. The summed E-state index contributed by atoms with van der Waals surface area (Å²) in [5, 5.41) is 24.0. The van der Waals surface area contributed by atoms with Crippen molar-refractivity contribution in [1.82, 2.24) is 5.32 Å². The van der Waals surface area contributed by atoms with Gasteiger partial charge in [-0.15, -0.1) is 11.8 Å². The van der Waals surface area contributed by atoms with Gasteiger partial charge in [-0.3, -0.25) is 25.6 Å². The summed E-state index contributed by atoms with van der Waals surface area (Å²) in [6.45, 7) is 1.16. The van der Waals surface area contributed by atoms with Gasteiger partial charge in [0.05, 0.1) is 6.42 Å². The van der Waals surface area contributed by atoms with Gasteiger partial charge in [0, 0.05) is 35.5 Å². The van der Waals surface area contributed by atoms with Crippen molar-refractivity contribution < 1.29 is 19.8 Å². The number of nitrogens with two attached hydrogens (primary N) is 1. The van der Waals surface area contributed by atoms with Crippen LogP contribution in [0.15, 0.2) is 70.1 Å². The molecule has 0 aliphatic carbocycles. The Labute approximate surface area is 222 Å². The lowest BCUT2D eigenvalue weighted by Crippen LogP contribution is -2.36. The van der Waals surface area contributed by atoms with E-state index >= 15 is 0 Å². The van der Waals surface area contributed by atoms with E-state index in [2.05, 4.69) is 21.7 Å². The first kappa shape index (κ1) is 28.6. The molecule has 1 amide bonds. The number of carboxylic acid groups (broad SMARTS) is 1. The van der Waals surface area contributed by atoms with Crippen molar-refractivity contribution in [3.05, 3.63) is 71.3 Å². The number of dihydropyridines is 1. The molecule has 0 radical (unpaired) electrons. The van der Waals surface area contributed by atoms with Gasteiger partial charge in [0.15, 0.2) is 6.35 Å². The second-order valence-corrected chi connectivity index (χ2v) is 10.2. The number of thioether (sulfide) groups is 1. The van der Waals surface area contributed by atoms with Crippen molar-refractivity contribution in [3.8, 4) is 0 Å². The SMILES string of the molecule is NC(O)NCc1cccc(C(=O)Nc2ccc(SCCCCCC(CC(=O)O)C3=CCCN=C3)cc2)c1. The Morgan fingerprint density at radius 2 is 1.92 bits per heavy atom. The number of aliphatic hydroxyl groups excluding tert-OH is 1. The molecule has 0 spiro atoms. The fourth-order valence-corrected chi connectivity index (χ4v) is 5.05. The molecular formula is C28H36N4O4S. The molecule has 2 aromatic carbocycles. The zero-order valence-corrected chi connectivity index (χ0v) is 21.8. The molecule has 1 aliphatic rings. The summed E-state index contributed by atoms with van der Waals surface area (Å²) in [7, 11) is 0. The number of hydrogen-bond acceptors (Lipinski definition) is 7. The lowest BCUT2D eigenvalue weighted by atomic mass is 9.89. The van der Waals surface area contributed by atoms with Gasteiger partial charge in [-0.2, -0.15) is 0 Å². The number of carboxylic acids is 1. The van der Waals surface area contributed by atoms with E-state index in [1.54, 1.807) is 30.0 Å². The van der Waals surface area contributed by atoms with Crippen molar-refractivity contribution in [2.75, 3.05) is 17.6 Å². The van der Waals surface area contributed by atoms with Crippen LogP contribution < -0.4 is 16.4 Å². The van der Waals surface area contributed by atoms with E-state index in [1.807, 2.05) is 36.5 Å². The zero-order chi connectivity index (χ0) is 26.5. The number of nitrogens with zero attached hydrogens (tertiary/aromatic N) is 1. The van der Waals surface area contributed by atoms with E-state index in [1.165, 1.54) is 0 Å². The molecule has 8 nitrogen and oxygen atoms in total. The number of carbonyl (C=O) groups is 2. The predicted molar refractivity (Wildman–Crippen MR) is 149 cm³/mol. The summed E-state index contributed by atoms with van der Waals surface area (Å²) in [6.07, 6.45) is 7.92. The lowest BCUT2D eigenvalue weighted by molar-refractivity contribution is -0.137. The number of benzene rings is 2. The number of carbonyl (C=O) groups excluding carboxylic acids is 1. The number of unbranched alkanes of at least 4 members (excludes halogenated alkanes) is 2. The monoisotopic (exact) mass is 524 g/mol. The van der Waals surface area contributed by atoms with Crippen LogP contribution in [0.3, 0.4) is 0 Å². The van der Waals surface area contributed by atoms with Gasteiger partial charge in [0.1, 0.15) is 0 Å². The fourth-order valence-electron chi connectivity index (χ4n) is 4.14. The minimum Gasteiger partial charge on any atom is -0.481 e. The van der Waals surface area contributed by atoms with Gasteiger partial charge in [-0.1, -0.05) is 31.1 Å². The average molecular weight is 525 g/mol. The van der Waals surface area contributed by atoms with E-state index in [-0.39, 0.29) is 18.2 Å². The molecule has 0 fully saturated rings. The molecule has 3 rings (SSSR count). The molecule has 0 saturated heterocycles. The summed E-state index contributed by atoms with van der Waals surface area (Å²) in [6, 6.07) is 14.9. The minimum atomic E-state index is -1.11. The molecule has 2 atom stereocenters. The minimum absolute atomic E-state index is 0.0509. The Bertz CT molecular complexity index is 1090. The number of anilines is 1. The molecule has 0 saturated carbocycles. The van der Waals surface area contributed by atoms with Crippen LogP contribution in [0.2, 0.25) is 0 Å². The number of aliphatic imine (C=N–C) groups is 1. The molecular weight excluding hydrogens is 488 g/mol. The predicted octanol–water partition coefficient (Wildman–Crippen LogP) is 4.41. The van der Waals surface area contributed by atoms with Gasteiger partial charge >= 0.3 is 5.97 Å². The Morgan fingerprint density at radius 3 is 2.62 bits per heavy atom. The third-order valence-corrected chi connectivity index (χ3v) is 7.15. The molecule has 6 N–H and O–H groups in total. The van der Waals surface area contributed by atoms with Crippen LogP contribution in [0, 0.1) is 5.92 Å². The first-order valence-corrected chi connectivity index (χ1v) is 13.6. The quantitative estimate of drug-likeness (QED) is 0.132. The smallest absolute Gasteiger partial charge is 0.303 e. The molecule has 2 unspecified atom stereocenters. The number of allylic oxidation sites excluding steroid dienone is 1. The summed E-state index contributed by atoms with van der Waals surface area (Å²) in [5.74, 6) is 0.0775. The van der Waals surface area contributed by atoms with Crippen LogP contribution in [0.5, 0.6) is 0 Å². The molecule has 198 valence electrons. The van der Waals surface area contributed by atoms with Crippen LogP contribution in [-0.2, 0) is 11.3 Å². The second-order valence-electron chi connectivity index (χ2n) is 9.03. The standard InChI is InChI=1S/C28H36N4O4S/c29-28(36)31-18-20-6-4-8-22(16-20)27(35)32-24-10-12-25(13-11-24)37-15-3-1-2-7-21(17-26(33)34)23-9-5-14-30-19-23/h4,6,8-13,16,19,21,28,31,36H,1-3,5,7,14-15,17-18,29H2,(H,32,35)(H,33,34). The van der Waals surface area contributed by atoms with Crippen LogP contribution in [0.1, 0.15) is 54.4 Å². The number of rotatable bonds is 15. The lowest BCUT2D eigenvalue weighted by Gasteiger charge is -2.18. The summed E-state index contributed by atoms with van der Waals surface area (Å²) in [5.41, 5.74) is 8.47. The molecule has 9 heteroatoms. The summed E-state index contributed by atoms with van der Waals surface area (Å²) >= 11 is 1.77. The number of hydrogen-bond donors (Lipinski definition) is 5. The van der Waals surface area contributed by atoms with Gasteiger partial charge in [0.2, 0.25) is 0 Å².